The molecule has 0 saturated carbocycles. The summed E-state index contributed by atoms with van der Waals surface area (Å²) in [5.74, 6) is -1.67. The van der Waals surface area contributed by atoms with E-state index in [0.29, 0.717) is 5.69 Å². The van der Waals surface area contributed by atoms with Gasteiger partial charge in [-0.25, -0.2) is 4.79 Å². The number of imide groups is 1. The molecule has 0 aliphatic carbocycles. The van der Waals surface area contributed by atoms with Gasteiger partial charge in [0, 0.05) is 18.9 Å². The standard InChI is InChI=1S/C23H24N2O5/c1-16(10-11-17-6-3-2-4-7-17)24-20(26)15-30-23(29)18-8-5-9-19(14-18)25-21(27)12-13-22(25)28/h2-9,14,16H,10-13,15H2,1H3,(H,24,26)/t16-/m1/s1. The molecule has 1 N–H and O–H groups in total. The number of nitrogens with one attached hydrogen (secondary N) is 1. The zero-order valence-corrected chi connectivity index (χ0v) is 16.8. The lowest BCUT2D eigenvalue weighted by molar-refractivity contribution is -0.125. The van der Waals surface area contributed by atoms with E-state index in [1.165, 1.54) is 17.7 Å². The van der Waals surface area contributed by atoms with Crippen LogP contribution in [0.4, 0.5) is 5.69 Å². The van der Waals surface area contributed by atoms with Crippen molar-refractivity contribution < 1.29 is 23.9 Å². The minimum atomic E-state index is -0.692. The molecule has 156 valence electrons. The molecule has 1 aliphatic rings. The van der Waals surface area contributed by atoms with Crippen molar-refractivity contribution in [1.29, 1.82) is 0 Å². The number of hydrogen-bond acceptors (Lipinski definition) is 5. The van der Waals surface area contributed by atoms with E-state index in [0.717, 1.165) is 17.7 Å². The molecule has 0 bridgehead atoms. The molecule has 1 fully saturated rings. The second-order valence-electron chi connectivity index (χ2n) is 7.24. The maximum atomic E-state index is 12.3. The maximum Gasteiger partial charge on any atom is 0.338 e. The summed E-state index contributed by atoms with van der Waals surface area (Å²) >= 11 is 0. The van der Waals surface area contributed by atoms with Crippen LogP contribution in [-0.4, -0.2) is 36.3 Å². The van der Waals surface area contributed by atoms with Gasteiger partial charge in [0.05, 0.1) is 11.3 Å². The molecule has 3 amide bonds. The number of nitrogens with zero attached hydrogens (tertiary/aromatic N) is 1. The van der Waals surface area contributed by atoms with Gasteiger partial charge in [0.25, 0.3) is 5.91 Å². The summed E-state index contributed by atoms with van der Waals surface area (Å²) in [6.45, 7) is 1.50. The third-order valence-electron chi connectivity index (χ3n) is 4.84. The second-order valence-corrected chi connectivity index (χ2v) is 7.24. The van der Waals surface area contributed by atoms with Gasteiger partial charge >= 0.3 is 5.97 Å². The number of aryl methyl sites for hydroxylation is 1. The van der Waals surface area contributed by atoms with Gasteiger partial charge in [0.2, 0.25) is 11.8 Å². The lowest BCUT2D eigenvalue weighted by atomic mass is 10.1. The van der Waals surface area contributed by atoms with E-state index in [2.05, 4.69) is 5.32 Å². The summed E-state index contributed by atoms with van der Waals surface area (Å²) < 4.78 is 5.09. The van der Waals surface area contributed by atoms with Crippen LogP contribution in [0.5, 0.6) is 0 Å². The van der Waals surface area contributed by atoms with Gasteiger partial charge in [-0.2, -0.15) is 0 Å². The van der Waals surface area contributed by atoms with Crippen molar-refractivity contribution in [3.63, 3.8) is 0 Å². The molecular formula is C23H24N2O5. The first-order valence-corrected chi connectivity index (χ1v) is 9.90. The number of amides is 3. The Balaban J connectivity index is 1.48. The maximum absolute atomic E-state index is 12.3. The molecule has 0 aromatic heterocycles. The van der Waals surface area contributed by atoms with E-state index in [1.54, 1.807) is 12.1 Å². The molecule has 7 heteroatoms. The van der Waals surface area contributed by atoms with Crippen molar-refractivity contribution in [1.82, 2.24) is 5.32 Å². The Morgan fingerprint density at radius 1 is 1.03 bits per heavy atom. The van der Waals surface area contributed by atoms with Gasteiger partial charge in [-0.05, 0) is 43.5 Å². The zero-order chi connectivity index (χ0) is 21.5. The molecule has 30 heavy (non-hydrogen) atoms. The van der Waals surface area contributed by atoms with Gasteiger partial charge in [0.15, 0.2) is 6.61 Å². The number of anilines is 1. The minimum Gasteiger partial charge on any atom is -0.452 e. The first-order valence-electron chi connectivity index (χ1n) is 9.90. The second kappa shape index (κ2) is 9.82. The largest absolute Gasteiger partial charge is 0.452 e. The third-order valence-corrected chi connectivity index (χ3v) is 4.84. The van der Waals surface area contributed by atoms with E-state index in [4.69, 9.17) is 4.74 Å². The molecule has 7 nitrogen and oxygen atoms in total. The number of carbonyl (C=O) groups is 4. The van der Waals surface area contributed by atoms with Crippen molar-refractivity contribution in [3.8, 4) is 0 Å². The first kappa shape index (κ1) is 21.2. The third kappa shape index (κ3) is 5.53. The SMILES string of the molecule is C[C@H](CCc1ccccc1)NC(=O)COC(=O)c1cccc(N2C(=O)CCC2=O)c1. The van der Waals surface area contributed by atoms with Gasteiger partial charge < -0.3 is 10.1 Å². The van der Waals surface area contributed by atoms with E-state index in [-0.39, 0.29) is 42.2 Å². The highest BCUT2D eigenvalue weighted by molar-refractivity contribution is 6.20. The van der Waals surface area contributed by atoms with Gasteiger partial charge in [-0.3, -0.25) is 19.3 Å². The van der Waals surface area contributed by atoms with Gasteiger partial charge in [0.1, 0.15) is 0 Å². The van der Waals surface area contributed by atoms with Crippen LogP contribution in [0.3, 0.4) is 0 Å². The number of esters is 1. The summed E-state index contributed by atoms with van der Waals surface area (Å²) in [6, 6.07) is 16.0. The molecule has 2 aromatic rings. The number of rotatable bonds is 8. The summed E-state index contributed by atoms with van der Waals surface area (Å²) in [5, 5.41) is 2.81. The van der Waals surface area contributed by atoms with Crippen LogP contribution in [-0.2, 0) is 25.5 Å². The fourth-order valence-electron chi connectivity index (χ4n) is 3.27. The van der Waals surface area contributed by atoms with Crippen molar-refractivity contribution in [2.24, 2.45) is 0 Å². The monoisotopic (exact) mass is 408 g/mol. The average Bonchev–Trinajstić information content (AvgIpc) is 3.09. The first-order chi connectivity index (χ1) is 14.4. The van der Waals surface area contributed by atoms with E-state index in [1.807, 2.05) is 37.3 Å². The van der Waals surface area contributed by atoms with Crippen molar-refractivity contribution in [2.75, 3.05) is 11.5 Å². The quantitative estimate of drug-likeness (QED) is 0.535. The smallest absolute Gasteiger partial charge is 0.338 e. The topological polar surface area (TPSA) is 92.8 Å². The fourth-order valence-corrected chi connectivity index (χ4v) is 3.27. The Hall–Kier alpha value is -3.48. The number of hydrogen-bond donors (Lipinski definition) is 1. The van der Waals surface area contributed by atoms with Crippen LogP contribution in [0.1, 0.15) is 42.1 Å². The highest BCUT2D eigenvalue weighted by Crippen LogP contribution is 2.23. The summed E-state index contributed by atoms with van der Waals surface area (Å²) in [4.78, 5) is 49.2. The van der Waals surface area contributed by atoms with Crippen LogP contribution < -0.4 is 10.2 Å². The molecule has 0 spiro atoms. The van der Waals surface area contributed by atoms with E-state index < -0.39 is 12.6 Å². The van der Waals surface area contributed by atoms with Crippen molar-refractivity contribution in [2.45, 2.75) is 38.6 Å². The highest BCUT2D eigenvalue weighted by Gasteiger charge is 2.30. The predicted molar refractivity (Wildman–Crippen MR) is 111 cm³/mol. The summed E-state index contributed by atoms with van der Waals surface area (Å²) in [6.07, 6.45) is 1.93. The number of carbonyl (C=O) groups excluding carboxylic acids is 4. The number of benzene rings is 2. The Kier molecular flexibility index (Phi) is 6.95. The van der Waals surface area contributed by atoms with E-state index in [9.17, 15) is 19.2 Å². The summed E-state index contributed by atoms with van der Waals surface area (Å²) in [7, 11) is 0. The lowest BCUT2D eigenvalue weighted by Gasteiger charge is -2.15. The Bertz CT molecular complexity index is 926. The molecule has 0 radical (unpaired) electrons. The van der Waals surface area contributed by atoms with Gasteiger partial charge in [-0.15, -0.1) is 0 Å². The van der Waals surface area contributed by atoms with Crippen LogP contribution >= 0.6 is 0 Å². The molecule has 1 saturated heterocycles. The molecule has 3 rings (SSSR count). The molecule has 2 aromatic carbocycles. The number of ether oxygens (including phenoxy) is 1. The molecule has 1 atom stereocenters. The minimum absolute atomic E-state index is 0.0630. The molecule has 1 heterocycles. The van der Waals surface area contributed by atoms with Crippen LogP contribution in [0.2, 0.25) is 0 Å². The predicted octanol–water partition coefficient (Wildman–Crippen LogP) is 2.63. The lowest BCUT2D eigenvalue weighted by Crippen LogP contribution is -2.36. The Morgan fingerprint density at radius 2 is 1.73 bits per heavy atom. The van der Waals surface area contributed by atoms with Crippen LogP contribution in [0.15, 0.2) is 54.6 Å². The van der Waals surface area contributed by atoms with Crippen LogP contribution in [0, 0.1) is 0 Å². The molecular weight excluding hydrogens is 384 g/mol. The Morgan fingerprint density at radius 3 is 2.43 bits per heavy atom. The summed E-state index contributed by atoms with van der Waals surface area (Å²) in [5.41, 5.74) is 1.70. The fraction of sp³-hybridized carbons (Fsp3) is 0.304. The van der Waals surface area contributed by atoms with E-state index >= 15 is 0 Å². The van der Waals surface area contributed by atoms with Crippen LogP contribution in [0.25, 0.3) is 0 Å². The highest BCUT2D eigenvalue weighted by atomic mass is 16.5. The van der Waals surface area contributed by atoms with Crippen molar-refractivity contribution in [3.05, 3.63) is 65.7 Å². The molecule has 1 aliphatic heterocycles. The normalized spacial score (nSPS) is 14.5. The molecule has 0 unspecified atom stereocenters. The van der Waals surface area contributed by atoms with Crippen molar-refractivity contribution >= 4 is 29.4 Å². The average molecular weight is 408 g/mol. The zero-order valence-electron chi connectivity index (χ0n) is 16.8. The van der Waals surface area contributed by atoms with Gasteiger partial charge in [-0.1, -0.05) is 36.4 Å². The Labute approximate surface area is 175 Å².